The van der Waals surface area contributed by atoms with E-state index in [0.717, 1.165) is 28.9 Å². The first kappa shape index (κ1) is 13.8. The van der Waals surface area contributed by atoms with Crippen molar-refractivity contribution < 1.29 is 4.79 Å². The van der Waals surface area contributed by atoms with Gasteiger partial charge in [0.15, 0.2) is 0 Å². The zero-order valence-corrected chi connectivity index (χ0v) is 12.9. The topological polar surface area (TPSA) is 53.5 Å². The number of hydrogen-bond donors (Lipinski definition) is 2. The van der Waals surface area contributed by atoms with Gasteiger partial charge in [0.05, 0.1) is 17.2 Å². The molecule has 2 N–H and O–H groups in total. The summed E-state index contributed by atoms with van der Waals surface area (Å²) in [6.45, 7) is 5.85. The van der Waals surface area contributed by atoms with Gasteiger partial charge in [-0.25, -0.2) is 0 Å². The van der Waals surface area contributed by atoms with Gasteiger partial charge in [0.2, 0.25) is 0 Å². The highest BCUT2D eigenvalue weighted by molar-refractivity contribution is 6.06. The molecule has 2 aromatic carbocycles. The molecule has 0 aromatic heterocycles. The molecule has 2 aromatic rings. The number of hydrogen-bond acceptors (Lipinski definition) is 3. The Labute approximate surface area is 134 Å². The van der Waals surface area contributed by atoms with Crippen LogP contribution in [0.2, 0.25) is 0 Å². The molecular formula is C19H17N3O. The first-order chi connectivity index (χ1) is 11.1. The minimum atomic E-state index is -0.360. The molecule has 2 aliphatic rings. The number of rotatable bonds is 2. The van der Waals surface area contributed by atoms with Crippen LogP contribution in [0, 0.1) is 6.92 Å². The van der Waals surface area contributed by atoms with Crippen molar-refractivity contribution in [2.45, 2.75) is 19.4 Å². The van der Waals surface area contributed by atoms with Crippen molar-refractivity contribution in [1.29, 1.82) is 0 Å². The summed E-state index contributed by atoms with van der Waals surface area (Å²) in [5.41, 5.74) is 6.76. The predicted molar refractivity (Wildman–Crippen MR) is 90.7 cm³/mol. The summed E-state index contributed by atoms with van der Waals surface area (Å²) in [6, 6.07) is 13.9. The summed E-state index contributed by atoms with van der Waals surface area (Å²) in [5, 5.41) is 5.73. The van der Waals surface area contributed by atoms with Crippen LogP contribution in [0.4, 0.5) is 5.69 Å². The van der Waals surface area contributed by atoms with Gasteiger partial charge in [-0.1, -0.05) is 43.0 Å². The lowest BCUT2D eigenvalue weighted by Gasteiger charge is -2.09. The zero-order valence-electron chi connectivity index (χ0n) is 12.9. The summed E-state index contributed by atoms with van der Waals surface area (Å²) >= 11 is 0. The van der Waals surface area contributed by atoms with Crippen molar-refractivity contribution in [2.75, 3.05) is 0 Å². The van der Waals surface area contributed by atoms with Gasteiger partial charge >= 0.3 is 0 Å². The van der Waals surface area contributed by atoms with E-state index in [2.05, 4.69) is 36.3 Å². The van der Waals surface area contributed by atoms with Crippen LogP contribution in [0.15, 0.2) is 59.9 Å². The molecule has 1 unspecified atom stereocenters. The number of aliphatic imine (C=N–C) groups is 1. The van der Waals surface area contributed by atoms with Crippen molar-refractivity contribution in [3.8, 4) is 0 Å². The SMILES string of the molecule is C=C1NC(=O)C(c2ccc(C3=Nc4cccc(C)c4C3)cc2)N1. The van der Waals surface area contributed by atoms with Gasteiger partial charge in [-0.05, 0) is 35.2 Å². The Morgan fingerprint density at radius 3 is 2.61 bits per heavy atom. The third-order valence-electron chi connectivity index (χ3n) is 4.42. The maximum atomic E-state index is 11.9. The van der Waals surface area contributed by atoms with Crippen LogP contribution in [-0.4, -0.2) is 11.6 Å². The summed E-state index contributed by atoms with van der Waals surface area (Å²) in [7, 11) is 0. The molecular weight excluding hydrogens is 286 g/mol. The first-order valence-corrected chi connectivity index (χ1v) is 7.64. The van der Waals surface area contributed by atoms with Gasteiger partial charge in [0.25, 0.3) is 5.91 Å². The second-order valence-electron chi connectivity index (χ2n) is 5.98. The third kappa shape index (κ3) is 2.32. The van der Waals surface area contributed by atoms with E-state index in [0.29, 0.717) is 5.82 Å². The van der Waals surface area contributed by atoms with Crippen molar-refractivity contribution in [2.24, 2.45) is 4.99 Å². The molecule has 23 heavy (non-hydrogen) atoms. The van der Waals surface area contributed by atoms with E-state index in [-0.39, 0.29) is 11.9 Å². The highest BCUT2D eigenvalue weighted by Crippen LogP contribution is 2.31. The molecule has 4 heteroatoms. The Kier molecular flexibility index (Phi) is 3.05. The number of amides is 1. The van der Waals surface area contributed by atoms with Gasteiger partial charge < -0.3 is 10.6 Å². The van der Waals surface area contributed by atoms with E-state index in [4.69, 9.17) is 4.99 Å². The van der Waals surface area contributed by atoms with E-state index in [1.807, 2.05) is 30.3 Å². The van der Waals surface area contributed by atoms with Gasteiger partial charge in [-0.15, -0.1) is 0 Å². The Balaban J connectivity index is 1.60. The highest BCUT2D eigenvalue weighted by atomic mass is 16.2. The van der Waals surface area contributed by atoms with Gasteiger partial charge in [-0.3, -0.25) is 9.79 Å². The smallest absolute Gasteiger partial charge is 0.252 e. The normalized spacial score (nSPS) is 19.2. The van der Waals surface area contributed by atoms with Crippen molar-refractivity contribution in [3.63, 3.8) is 0 Å². The lowest BCUT2D eigenvalue weighted by molar-refractivity contribution is -0.120. The molecule has 0 spiro atoms. The largest absolute Gasteiger partial charge is 0.357 e. The monoisotopic (exact) mass is 303 g/mol. The molecule has 4 rings (SSSR count). The third-order valence-corrected chi connectivity index (χ3v) is 4.42. The lowest BCUT2D eigenvalue weighted by atomic mass is 9.98. The number of benzene rings is 2. The Morgan fingerprint density at radius 2 is 1.96 bits per heavy atom. The van der Waals surface area contributed by atoms with Crippen LogP contribution < -0.4 is 10.6 Å². The fourth-order valence-electron chi connectivity index (χ4n) is 3.14. The molecule has 0 radical (unpaired) electrons. The van der Waals surface area contributed by atoms with Crippen molar-refractivity contribution in [3.05, 3.63) is 77.1 Å². The summed E-state index contributed by atoms with van der Waals surface area (Å²) < 4.78 is 0. The second-order valence-corrected chi connectivity index (χ2v) is 5.98. The molecule has 0 bridgehead atoms. The molecule has 0 aliphatic carbocycles. The van der Waals surface area contributed by atoms with Gasteiger partial charge in [0, 0.05) is 6.42 Å². The van der Waals surface area contributed by atoms with Crippen LogP contribution in [-0.2, 0) is 11.2 Å². The van der Waals surface area contributed by atoms with Crippen molar-refractivity contribution in [1.82, 2.24) is 10.6 Å². The number of carbonyl (C=O) groups excluding carboxylic acids is 1. The molecule has 0 saturated carbocycles. The molecule has 1 atom stereocenters. The van der Waals surface area contributed by atoms with Gasteiger partial charge in [0.1, 0.15) is 6.04 Å². The zero-order chi connectivity index (χ0) is 16.0. The van der Waals surface area contributed by atoms with E-state index < -0.39 is 0 Å². The van der Waals surface area contributed by atoms with E-state index >= 15 is 0 Å². The van der Waals surface area contributed by atoms with Crippen LogP contribution in [0.3, 0.4) is 0 Å². The number of carbonyl (C=O) groups is 1. The van der Waals surface area contributed by atoms with Crippen molar-refractivity contribution >= 4 is 17.3 Å². The maximum Gasteiger partial charge on any atom is 0.252 e. The standard InChI is InChI=1S/C19H17N3O/c1-11-4-3-5-16-15(11)10-17(22-16)13-6-8-14(9-7-13)18-19(23)21-12(2)20-18/h3-9,18,20H,2,10H2,1H3,(H,21,23). The maximum absolute atomic E-state index is 11.9. The molecule has 4 nitrogen and oxygen atoms in total. The summed E-state index contributed by atoms with van der Waals surface area (Å²) in [5.74, 6) is 0.485. The predicted octanol–water partition coefficient (Wildman–Crippen LogP) is 2.90. The quantitative estimate of drug-likeness (QED) is 0.896. The average molecular weight is 303 g/mol. The molecule has 2 aliphatic heterocycles. The molecule has 114 valence electrons. The van der Waals surface area contributed by atoms with Crippen LogP contribution in [0.1, 0.15) is 28.3 Å². The number of fused-ring (bicyclic) bond motifs is 1. The number of nitrogens with one attached hydrogen (secondary N) is 2. The van der Waals surface area contributed by atoms with E-state index in [1.54, 1.807) is 0 Å². The molecule has 1 amide bonds. The summed E-state index contributed by atoms with van der Waals surface area (Å²) in [6.07, 6.45) is 0.861. The number of nitrogens with zero attached hydrogens (tertiary/aromatic N) is 1. The van der Waals surface area contributed by atoms with Crippen LogP contribution >= 0.6 is 0 Å². The average Bonchev–Trinajstić information content (AvgIpc) is 3.12. The fraction of sp³-hybridized carbons (Fsp3) is 0.158. The highest BCUT2D eigenvalue weighted by Gasteiger charge is 2.27. The minimum absolute atomic E-state index is 0.0658. The Bertz CT molecular complexity index is 849. The minimum Gasteiger partial charge on any atom is -0.357 e. The second kappa shape index (κ2) is 5.09. The molecule has 1 saturated heterocycles. The van der Waals surface area contributed by atoms with Crippen LogP contribution in [0.5, 0.6) is 0 Å². The fourth-order valence-corrected chi connectivity index (χ4v) is 3.14. The number of aryl methyl sites for hydroxylation is 1. The molecule has 2 heterocycles. The van der Waals surface area contributed by atoms with Crippen LogP contribution in [0.25, 0.3) is 0 Å². The Hall–Kier alpha value is -2.88. The summed E-state index contributed by atoms with van der Waals surface area (Å²) in [4.78, 5) is 16.6. The van der Waals surface area contributed by atoms with E-state index in [9.17, 15) is 4.79 Å². The van der Waals surface area contributed by atoms with E-state index in [1.165, 1.54) is 11.1 Å². The Morgan fingerprint density at radius 1 is 1.17 bits per heavy atom. The van der Waals surface area contributed by atoms with Gasteiger partial charge in [-0.2, -0.15) is 0 Å². The first-order valence-electron chi connectivity index (χ1n) is 7.64. The molecule has 1 fully saturated rings. The lowest BCUT2D eigenvalue weighted by Crippen LogP contribution is -2.19.